The first-order chi connectivity index (χ1) is 11.3. The molecule has 0 aromatic heterocycles. The number of rotatable bonds is 2. The summed E-state index contributed by atoms with van der Waals surface area (Å²) in [7, 11) is 0. The molecular formula is C20H26N2O2. The minimum Gasteiger partial charge on any atom is -0.325 e. The van der Waals surface area contributed by atoms with E-state index in [0.29, 0.717) is 18.1 Å². The Hall–Kier alpha value is -1.97. The molecule has 128 valence electrons. The molecule has 1 heterocycles. The molecule has 0 bridgehead atoms. The van der Waals surface area contributed by atoms with Crippen LogP contribution in [-0.2, 0) is 9.59 Å². The number of nitrogens with zero attached hydrogens (tertiary/aromatic N) is 1. The van der Waals surface area contributed by atoms with Gasteiger partial charge < -0.3 is 5.32 Å². The van der Waals surface area contributed by atoms with Gasteiger partial charge in [-0.15, -0.1) is 0 Å². The molecule has 2 aliphatic carbocycles. The first kappa shape index (κ1) is 16.9. The van der Waals surface area contributed by atoms with Gasteiger partial charge in [-0.25, -0.2) is 4.99 Å². The second-order valence-electron chi connectivity index (χ2n) is 8.06. The van der Waals surface area contributed by atoms with E-state index in [1.807, 2.05) is 18.2 Å². The monoisotopic (exact) mass is 326 g/mol. The summed E-state index contributed by atoms with van der Waals surface area (Å²) in [6.07, 6.45) is 12.8. The molecule has 1 aliphatic heterocycles. The first-order valence-electron chi connectivity index (χ1n) is 8.87. The molecule has 0 spiro atoms. The van der Waals surface area contributed by atoms with E-state index in [1.165, 1.54) is 12.8 Å². The van der Waals surface area contributed by atoms with Crippen LogP contribution < -0.4 is 5.32 Å². The Bertz CT molecular complexity index is 668. The highest BCUT2D eigenvalue weighted by Crippen LogP contribution is 2.38. The zero-order valence-electron chi connectivity index (χ0n) is 14.8. The Morgan fingerprint density at radius 3 is 2.62 bits per heavy atom. The quantitative estimate of drug-likeness (QED) is 0.841. The van der Waals surface area contributed by atoms with E-state index in [2.05, 4.69) is 31.1 Å². The summed E-state index contributed by atoms with van der Waals surface area (Å²) in [6.45, 7) is 6.33. The molecule has 1 atom stereocenters. The molecule has 0 aromatic carbocycles. The van der Waals surface area contributed by atoms with Crippen LogP contribution in [0.15, 0.2) is 40.6 Å². The van der Waals surface area contributed by atoms with Crippen LogP contribution in [0, 0.1) is 17.3 Å². The van der Waals surface area contributed by atoms with Crippen molar-refractivity contribution < 1.29 is 9.59 Å². The van der Waals surface area contributed by atoms with Crippen molar-refractivity contribution in [2.75, 3.05) is 0 Å². The van der Waals surface area contributed by atoms with E-state index < -0.39 is 0 Å². The number of fused-ring (bicyclic) bond motifs is 1. The lowest BCUT2D eigenvalue weighted by Gasteiger charge is -2.34. The molecule has 24 heavy (non-hydrogen) atoms. The Balaban J connectivity index is 1.77. The molecule has 1 fully saturated rings. The number of carbonyl (C=O) groups is 2. The molecule has 0 saturated heterocycles. The lowest BCUT2D eigenvalue weighted by atomic mass is 9.74. The fourth-order valence-corrected chi connectivity index (χ4v) is 3.79. The second kappa shape index (κ2) is 6.50. The summed E-state index contributed by atoms with van der Waals surface area (Å²) in [5, 5.41) is 2.90. The van der Waals surface area contributed by atoms with Crippen molar-refractivity contribution in [3.05, 3.63) is 35.6 Å². The molecule has 2 amide bonds. The first-order valence-corrected chi connectivity index (χ1v) is 8.87. The van der Waals surface area contributed by atoms with Gasteiger partial charge in [0.1, 0.15) is 0 Å². The topological polar surface area (TPSA) is 58.5 Å². The summed E-state index contributed by atoms with van der Waals surface area (Å²) >= 11 is 0. The summed E-state index contributed by atoms with van der Waals surface area (Å²) < 4.78 is 0. The van der Waals surface area contributed by atoms with Crippen LogP contribution in [0.1, 0.15) is 52.9 Å². The van der Waals surface area contributed by atoms with E-state index in [-0.39, 0.29) is 23.1 Å². The van der Waals surface area contributed by atoms with E-state index in [4.69, 9.17) is 0 Å². The third-order valence-corrected chi connectivity index (χ3v) is 5.04. The number of aliphatic imine (C=N–C) groups is 1. The average Bonchev–Trinajstić information content (AvgIpc) is 2.97. The molecular weight excluding hydrogens is 300 g/mol. The Morgan fingerprint density at radius 1 is 1.25 bits per heavy atom. The van der Waals surface area contributed by atoms with Gasteiger partial charge in [0.2, 0.25) is 11.8 Å². The van der Waals surface area contributed by atoms with Crippen molar-refractivity contribution in [2.45, 2.75) is 52.9 Å². The highest BCUT2D eigenvalue weighted by Gasteiger charge is 2.32. The van der Waals surface area contributed by atoms with E-state index in [9.17, 15) is 9.59 Å². The highest BCUT2D eigenvalue weighted by molar-refractivity contribution is 6.11. The lowest BCUT2D eigenvalue weighted by molar-refractivity contribution is -0.118. The maximum absolute atomic E-state index is 12.2. The van der Waals surface area contributed by atoms with Crippen molar-refractivity contribution in [3.8, 4) is 0 Å². The molecule has 1 unspecified atom stereocenters. The maximum Gasteiger partial charge on any atom is 0.248 e. The van der Waals surface area contributed by atoms with Crippen molar-refractivity contribution in [1.82, 2.24) is 5.32 Å². The predicted octanol–water partition coefficient (Wildman–Crippen LogP) is 3.71. The van der Waals surface area contributed by atoms with E-state index in [1.54, 1.807) is 6.08 Å². The van der Waals surface area contributed by atoms with Crippen LogP contribution in [0.2, 0.25) is 0 Å². The van der Waals surface area contributed by atoms with Gasteiger partial charge in [-0.05, 0) is 41.9 Å². The molecule has 1 saturated carbocycles. The van der Waals surface area contributed by atoms with Gasteiger partial charge in [0.15, 0.2) is 0 Å². The van der Waals surface area contributed by atoms with Gasteiger partial charge in [0, 0.05) is 24.1 Å². The predicted molar refractivity (Wildman–Crippen MR) is 95.4 cm³/mol. The van der Waals surface area contributed by atoms with Gasteiger partial charge in [-0.2, -0.15) is 0 Å². The Labute approximate surface area is 143 Å². The second-order valence-corrected chi connectivity index (χ2v) is 8.06. The van der Waals surface area contributed by atoms with E-state index in [0.717, 1.165) is 24.1 Å². The van der Waals surface area contributed by atoms with Gasteiger partial charge in [0.25, 0.3) is 0 Å². The largest absolute Gasteiger partial charge is 0.325 e. The van der Waals surface area contributed by atoms with Crippen LogP contribution in [0.4, 0.5) is 0 Å². The van der Waals surface area contributed by atoms with Crippen LogP contribution in [0.3, 0.4) is 0 Å². The number of carbonyl (C=O) groups excluding carboxylic acids is 2. The Kier molecular flexibility index (Phi) is 4.57. The van der Waals surface area contributed by atoms with Gasteiger partial charge in [0.05, 0.1) is 5.71 Å². The SMILES string of the molecule is CC(C)(C)C1=CC(=O)NC2=CC(=NC(=O)CC3CCCC3)C=CC21. The van der Waals surface area contributed by atoms with Gasteiger partial charge in [-0.3, -0.25) is 9.59 Å². The fourth-order valence-electron chi connectivity index (χ4n) is 3.79. The van der Waals surface area contributed by atoms with Crippen LogP contribution >= 0.6 is 0 Å². The minimum absolute atomic E-state index is 0.0504. The zero-order chi connectivity index (χ0) is 17.3. The summed E-state index contributed by atoms with van der Waals surface area (Å²) in [5.74, 6) is 0.408. The summed E-state index contributed by atoms with van der Waals surface area (Å²) in [6, 6.07) is 0. The molecule has 3 rings (SSSR count). The molecule has 4 heteroatoms. The van der Waals surface area contributed by atoms with Crippen molar-refractivity contribution in [1.29, 1.82) is 0 Å². The third kappa shape index (κ3) is 3.74. The smallest absolute Gasteiger partial charge is 0.248 e. The van der Waals surface area contributed by atoms with Crippen molar-refractivity contribution in [2.24, 2.45) is 22.2 Å². The summed E-state index contributed by atoms with van der Waals surface area (Å²) in [4.78, 5) is 28.4. The van der Waals surface area contributed by atoms with Crippen LogP contribution in [0.5, 0.6) is 0 Å². The van der Waals surface area contributed by atoms with E-state index >= 15 is 0 Å². The number of hydrogen-bond acceptors (Lipinski definition) is 2. The van der Waals surface area contributed by atoms with Crippen molar-refractivity contribution in [3.63, 3.8) is 0 Å². The number of amides is 2. The third-order valence-electron chi connectivity index (χ3n) is 5.04. The molecule has 0 aromatic rings. The van der Waals surface area contributed by atoms with Gasteiger partial charge >= 0.3 is 0 Å². The standard InChI is InChI=1S/C20H26N2O2/c1-20(2,3)16-12-19(24)22-17-11-14(8-9-15(16)17)21-18(23)10-13-6-4-5-7-13/h8-9,11-13,15H,4-7,10H2,1-3H3,(H,22,24). The minimum atomic E-state index is -0.102. The zero-order valence-corrected chi connectivity index (χ0v) is 14.8. The van der Waals surface area contributed by atoms with Gasteiger partial charge in [-0.1, -0.05) is 39.7 Å². The maximum atomic E-state index is 12.2. The highest BCUT2D eigenvalue weighted by atomic mass is 16.2. The number of allylic oxidation sites excluding steroid dienone is 3. The normalized spacial score (nSPS) is 26.0. The van der Waals surface area contributed by atoms with Crippen molar-refractivity contribution >= 4 is 17.5 Å². The van der Waals surface area contributed by atoms with Crippen LogP contribution in [-0.4, -0.2) is 17.5 Å². The molecule has 4 nitrogen and oxygen atoms in total. The fraction of sp³-hybridized carbons (Fsp3) is 0.550. The Morgan fingerprint density at radius 2 is 1.96 bits per heavy atom. The summed E-state index contributed by atoms with van der Waals surface area (Å²) in [5.41, 5.74) is 2.46. The number of nitrogens with one attached hydrogen (secondary N) is 1. The van der Waals surface area contributed by atoms with Crippen LogP contribution in [0.25, 0.3) is 0 Å². The molecule has 0 radical (unpaired) electrons. The molecule has 3 aliphatic rings. The average molecular weight is 326 g/mol. The molecule has 1 N–H and O–H groups in total. The lowest BCUT2D eigenvalue weighted by Crippen LogP contribution is -2.36. The number of hydrogen-bond donors (Lipinski definition) is 1.